The first-order valence-electron chi connectivity index (χ1n) is 3.64. The molecule has 1 nitrogen and oxygen atoms in total. The molecule has 9 heavy (non-hydrogen) atoms. The van der Waals surface area contributed by atoms with E-state index in [1.807, 2.05) is 0 Å². The zero-order valence-electron chi connectivity index (χ0n) is 6.46. The van der Waals surface area contributed by atoms with Crippen molar-refractivity contribution in [3.8, 4) is 0 Å². The Bertz CT molecular complexity index is 116. The molecule has 0 aromatic rings. The van der Waals surface area contributed by atoms with E-state index in [0.29, 0.717) is 6.04 Å². The smallest absolute Gasteiger partial charge is 0.0236 e. The molecule has 0 saturated carbocycles. The van der Waals surface area contributed by atoms with Crippen molar-refractivity contribution in [3.05, 3.63) is 12.3 Å². The second-order valence-electron chi connectivity index (χ2n) is 3.11. The third-order valence-electron chi connectivity index (χ3n) is 1.77. The second kappa shape index (κ2) is 2.42. The van der Waals surface area contributed by atoms with Crippen LogP contribution in [0.3, 0.4) is 0 Å². The highest BCUT2D eigenvalue weighted by Gasteiger charge is 2.12. The highest BCUT2D eigenvalue weighted by atomic mass is 15.1. The Morgan fingerprint density at radius 1 is 1.56 bits per heavy atom. The highest BCUT2D eigenvalue weighted by Crippen LogP contribution is 2.13. The summed E-state index contributed by atoms with van der Waals surface area (Å²) < 4.78 is 0. The van der Waals surface area contributed by atoms with Gasteiger partial charge in [-0.1, -0.05) is 13.0 Å². The first-order valence-corrected chi connectivity index (χ1v) is 3.64. The maximum Gasteiger partial charge on any atom is 0.0236 e. The van der Waals surface area contributed by atoms with Gasteiger partial charge >= 0.3 is 0 Å². The maximum atomic E-state index is 2.37. The minimum Gasteiger partial charge on any atom is -0.375 e. The fourth-order valence-electron chi connectivity index (χ4n) is 1.09. The van der Waals surface area contributed by atoms with E-state index in [-0.39, 0.29) is 0 Å². The molecular formula is C8H15N. The first-order chi connectivity index (χ1) is 4.20. The van der Waals surface area contributed by atoms with E-state index in [2.05, 4.69) is 37.9 Å². The predicted molar refractivity (Wildman–Crippen MR) is 40.1 cm³/mol. The first kappa shape index (κ1) is 6.66. The second-order valence-corrected chi connectivity index (χ2v) is 3.11. The molecular weight excluding hydrogens is 110 g/mol. The Balaban J connectivity index is 2.41. The summed E-state index contributed by atoms with van der Waals surface area (Å²) in [7, 11) is 0. The molecule has 0 aliphatic carbocycles. The van der Waals surface area contributed by atoms with Crippen LogP contribution in [0.15, 0.2) is 12.3 Å². The summed E-state index contributed by atoms with van der Waals surface area (Å²) in [5.41, 5.74) is 0. The van der Waals surface area contributed by atoms with Crippen molar-refractivity contribution < 1.29 is 0 Å². The van der Waals surface area contributed by atoms with Crippen LogP contribution in [0, 0.1) is 5.92 Å². The normalized spacial score (nSPS) is 26.2. The van der Waals surface area contributed by atoms with Gasteiger partial charge in [-0.05, 0) is 26.0 Å². The highest BCUT2D eigenvalue weighted by molar-refractivity contribution is 4.96. The Morgan fingerprint density at radius 3 is 2.44 bits per heavy atom. The molecule has 0 N–H and O–H groups in total. The third kappa shape index (κ3) is 1.47. The minimum atomic E-state index is 0.672. The van der Waals surface area contributed by atoms with Gasteiger partial charge in [0.05, 0.1) is 0 Å². The molecule has 0 bridgehead atoms. The SMILES string of the molecule is CC1C=CN(C(C)C)C1. The molecule has 0 aromatic carbocycles. The van der Waals surface area contributed by atoms with Crippen molar-refractivity contribution in [2.45, 2.75) is 26.8 Å². The Labute approximate surface area is 57.4 Å². The molecule has 0 radical (unpaired) electrons. The number of hydrogen-bond acceptors (Lipinski definition) is 1. The largest absolute Gasteiger partial charge is 0.375 e. The summed E-state index contributed by atoms with van der Waals surface area (Å²) in [5.74, 6) is 0.757. The van der Waals surface area contributed by atoms with E-state index >= 15 is 0 Å². The van der Waals surface area contributed by atoms with Gasteiger partial charge in [0.25, 0.3) is 0 Å². The van der Waals surface area contributed by atoms with Gasteiger partial charge in [-0.15, -0.1) is 0 Å². The molecule has 1 rings (SSSR count). The van der Waals surface area contributed by atoms with Crippen molar-refractivity contribution in [2.24, 2.45) is 5.92 Å². The van der Waals surface area contributed by atoms with Crippen molar-refractivity contribution in [1.82, 2.24) is 4.90 Å². The van der Waals surface area contributed by atoms with Gasteiger partial charge in [0.1, 0.15) is 0 Å². The molecule has 0 spiro atoms. The molecule has 1 atom stereocenters. The molecule has 0 saturated heterocycles. The minimum absolute atomic E-state index is 0.672. The number of nitrogens with zero attached hydrogens (tertiary/aromatic N) is 1. The van der Waals surface area contributed by atoms with E-state index < -0.39 is 0 Å². The Morgan fingerprint density at radius 2 is 2.22 bits per heavy atom. The van der Waals surface area contributed by atoms with Gasteiger partial charge in [0.2, 0.25) is 0 Å². The summed E-state index contributed by atoms with van der Waals surface area (Å²) in [6.45, 7) is 7.90. The number of rotatable bonds is 1. The lowest BCUT2D eigenvalue weighted by molar-refractivity contribution is 0.314. The molecule has 1 aliphatic rings. The van der Waals surface area contributed by atoms with E-state index in [1.165, 1.54) is 6.54 Å². The van der Waals surface area contributed by atoms with E-state index in [0.717, 1.165) is 5.92 Å². The van der Waals surface area contributed by atoms with Crippen molar-refractivity contribution in [2.75, 3.05) is 6.54 Å². The Kier molecular flexibility index (Phi) is 1.79. The molecule has 52 valence electrons. The van der Waals surface area contributed by atoms with Crippen LogP contribution in [-0.4, -0.2) is 17.5 Å². The van der Waals surface area contributed by atoms with E-state index in [9.17, 15) is 0 Å². The summed E-state index contributed by atoms with van der Waals surface area (Å²) in [6.07, 6.45) is 4.47. The van der Waals surface area contributed by atoms with Gasteiger partial charge in [0.15, 0.2) is 0 Å². The Hall–Kier alpha value is -0.460. The molecule has 0 amide bonds. The maximum absolute atomic E-state index is 2.37. The monoisotopic (exact) mass is 125 g/mol. The van der Waals surface area contributed by atoms with Crippen LogP contribution in [0.4, 0.5) is 0 Å². The van der Waals surface area contributed by atoms with Crippen LogP contribution in [0.1, 0.15) is 20.8 Å². The lowest BCUT2D eigenvalue weighted by Crippen LogP contribution is -2.24. The quantitative estimate of drug-likeness (QED) is 0.517. The lowest BCUT2D eigenvalue weighted by Gasteiger charge is -2.20. The van der Waals surface area contributed by atoms with Crippen LogP contribution >= 0.6 is 0 Å². The van der Waals surface area contributed by atoms with Crippen molar-refractivity contribution in [1.29, 1.82) is 0 Å². The summed E-state index contributed by atoms with van der Waals surface area (Å²) in [5, 5.41) is 0. The van der Waals surface area contributed by atoms with Crippen LogP contribution in [-0.2, 0) is 0 Å². The summed E-state index contributed by atoms with van der Waals surface area (Å²) in [6, 6.07) is 0.672. The average molecular weight is 125 g/mol. The molecule has 1 unspecified atom stereocenters. The molecule has 1 heterocycles. The standard InChI is InChI=1S/C8H15N/c1-7(2)9-5-4-8(3)6-9/h4-5,7-8H,6H2,1-3H3. The van der Waals surface area contributed by atoms with Gasteiger partial charge in [-0.2, -0.15) is 0 Å². The average Bonchev–Trinajstić information content (AvgIpc) is 2.14. The molecule has 0 fully saturated rings. The van der Waals surface area contributed by atoms with Gasteiger partial charge in [-0.3, -0.25) is 0 Å². The van der Waals surface area contributed by atoms with Crippen LogP contribution in [0.25, 0.3) is 0 Å². The topological polar surface area (TPSA) is 3.24 Å². The zero-order chi connectivity index (χ0) is 6.85. The van der Waals surface area contributed by atoms with Crippen molar-refractivity contribution in [3.63, 3.8) is 0 Å². The van der Waals surface area contributed by atoms with Gasteiger partial charge < -0.3 is 4.90 Å². The molecule has 0 aromatic heterocycles. The molecule has 1 heteroatoms. The van der Waals surface area contributed by atoms with Crippen LogP contribution in [0.5, 0.6) is 0 Å². The van der Waals surface area contributed by atoms with E-state index in [1.54, 1.807) is 0 Å². The zero-order valence-corrected chi connectivity index (χ0v) is 6.46. The van der Waals surface area contributed by atoms with Crippen molar-refractivity contribution >= 4 is 0 Å². The fraction of sp³-hybridized carbons (Fsp3) is 0.750. The lowest BCUT2D eigenvalue weighted by atomic mass is 10.2. The van der Waals surface area contributed by atoms with Crippen LogP contribution in [0.2, 0.25) is 0 Å². The van der Waals surface area contributed by atoms with E-state index in [4.69, 9.17) is 0 Å². The third-order valence-corrected chi connectivity index (χ3v) is 1.77. The fourth-order valence-corrected chi connectivity index (χ4v) is 1.09. The molecule has 1 aliphatic heterocycles. The van der Waals surface area contributed by atoms with Gasteiger partial charge in [0, 0.05) is 12.6 Å². The number of hydrogen-bond donors (Lipinski definition) is 0. The van der Waals surface area contributed by atoms with Gasteiger partial charge in [-0.25, -0.2) is 0 Å². The predicted octanol–water partition coefficient (Wildman–Crippen LogP) is 1.86. The van der Waals surface area contributed by atoms with Crippen LogP contribution < -0.4 is 0 Å². The summed E-state index contributed by atoms with van der Waals surface area (Å²) >= 11 is 0. The summed E-state index contributed by atoms with van der Waals surface area (Å²) in [4.78, 5) is 2.37.